The Morgan fingerprint density at radius 2 is 1.78 bits per heavy atom. The van der Waals surface area contributed by atoms with E-state index in [1.165, 1.54) is 0 Å². The fraction of sp³-hybridized carbons (Fsp3) is 0.571. The van der Waals surface area contributed by atoms with Gasteiger partial charge in [-0.25, -0.2) is 4.98 Å². The van der Waals surface area contributed by atoms with Crippen molar-refractivity contribution in [2.24, 2.45) is 0 Å². The zero-order valence-corrected chi connectivity index (χ0v) is 11.8. The molecule has 1 aromatic heterocycles. The van der Waals surface area contributed by atoms with Crippen molar-refractivity contribution in [1.82, 2.24) is 9.88 Å². The number of hydrogen-bond donors (Lipinski definition) is 0. The number of nitrogens with zero attached hydrogens (tertiary/aromatic N) is 3. The van der Waals surface area contributed by atoms with Crippen LogP contribution in [0.5, 0.6) is 0 Å². The van der Waals surface area contributed by atoms with Gasteiger partial charge in [-0.2, -0.15) is 0 Å². The summed E-state index contributed by atoms with van der Waals surface area (Å²) < 4.78 is 0. The largest absolute Gasteiger partial charge is 0.354 e. The highest BCUT2D eigenvalue weighted by atomic mass is 16.1. The molecule has 0 aliphatic carbocycles. The van der Waals surface area contributed by atoms with Crippen LogP contribution in [0.25, 0.3) is 0 Å². The van der Waals surface area contributed by atoms with Gasteiger partial charge >= 0.3 is 0 Å². The maximum Gasteiger partial charge on any atom is 0.178 e. The van der Waals surface area contributed by atoms with Crippen molar-refractivity contribution < 1.29 is 4.79 Å². The van der Waals surface area contributed by atoms with E-state index in [0.717, 1.165) is 32.0 Å². The molecule has 1 aliphatic rings. The van der Waals surface area contributed by atoms with Gasteiger partial charge in [0.05, 0.1) is 0 Å². The van der Waals surface area contributed by atoms with Crippen molar-refractivity contribution in [2.45, 2.75) is 20.8 Å². The second kappa shape index (κ2) is 7.11. The second-order valence-electron chi connectivity index (χ2n) is 4.23. The van der Waals surface area contributed by atoms with Gasteiger partial charge in [0.2, 0.25) is 0 Å². The van der Waals surface area contributed by atoms with Gasteiger partial charge in [-0.3, -0.25) is 4.79 Å². The minimum atomic E-state index is 0.0241. The molecule has 18 heavy (non-hydrogen) atoms. The Kier molecular flexibility index (Phi) is 5.78. The van der Waals surface area contributed by atoms with Gasteiger partial charge < -0.3 is 9.80 Å². The lowest BCUT2D eigenvalue weighted by molar-refractivity contribution is 0.101. The Labute approximate surface area is 110 Å². The number of aromatic nitrogens is 1. The third kappa shape index (κ3) is 3.81. The minimum Gasteiger partial charge on any atom is -0.354 e. The van der Waals surface area contributed by atoms with E-state index in [1.807, 2.05) is 26.0 Å². The predicted octanol–water partition coefficient (Wildman–Crippen LogP) is 2.06. The highest BCUT2D eigenvalue weighted by molar-refractivity contribution is 5.92. The molecule has 2 heterocycles. The lowest BCUT2D eigenvalue weighted by atomic mass is 10.2. The van der Waals surface area contributed by atoms with Gasteiger partial charge in [-0.05, 0) is 19.2 Å². The zero-order valence-electron chi connectivity index (χ0n) is 11.8. The minimum absolute atomic E-state index is 0.0241. The molecule has 0 bridgehead atoms. The molecule has 100 valence electrons. The zero-order chi connectivity index (χ0) is 13.5. The van der Waals surface area contributed by atoms with Crippen LogP contribution in [0.3, 0.4) is 0 Å². The molecule has 2 rings (SSSR count). The molecule has 0 saturated carbocycles. The maximum atomic E-state index is 11.2. The summed E-state index contributed by atoms with van der Waals surface area (Å²) in [5.41, 5.74) is 0.552. The molecule has 1 aliphatic heterocycles. The first kappa shape index (κ1) is 14.6. The fourth-order valence-corrected chi connectivity index (χ4v) is 1.83. The highest BCUT2D eigenvalue weighted by Crippen LogP contribution is 2.13. The average molecular weight is 249 g/mol. The summed E-state index contributed by atoms with van der Waals surface area (Å²) in [6, 6.07) is 5.64. The lowest BCUT2D eigenvalue weighted by Gasteiger charge is -2.33. The molecular formula is C14H23N3O. The number of hydrogen-bond acceptors (Lipinski definition) is 4. The molecule has 0 atom stereocenters. The van der Waals surface area contributed by atoms with E-state index < -0.39 is 0 Å². The van der Waals surface area contributed by atoms with E-state index in [0.29, 0.717) is 5.69 Å². The molecule has 1 fully saturated rings. The Bertz CT molecular complexity index is 384. The predicted molar refractivity (Wildman–Crippen MR) is 75.3 cm³/mol. The van der Waals surface area contributed by atoms with Gasteiger partial charge in [-0.1, -0.05) is 19.9 Å². The summed E-state index contributed by atoms with van der Waals surface area (Å²) in [5, 5.41) is 0. The van der Waals surface area contributed by atoms with Crippen LogP contribution in [0.1, 0.15) is 31.3 Å². The standard InChI is InChI=1S/C12H17N3O.C2H6/c1-10(16)11-4-3-5-12(13-11)15-8-6-14(2)7-9-15;1-2/h3-5H,6-9H2,1-2H3;1-2H3. The van der Waals surface area contributed by atoms with Crippen molar-refractivity contribution in [3.8, 4) is 0 Å². The average Bonchev–Trinajstić information content (AvgIpc) is 2.42. The number of ketones is 1. The molecule has 0 unspecified atom stereocenters. The quantitative estimate of drug-likeness (QED) is 0.752. The summed E-state index contributed by atoms with van der Waals surface area (Å²) in [4.78, 5) is 20.1. The van der Waals surface area contributed by atoms with Crippen molar-refractivity contribution >= 4 is 11.6 Å². The molecule has 0 amide bonds. The first-order chi connectivity index (χ1) is 8.66. The third-order valence-corrected chi connectivity index (χ3v) is 2.92. The normalized spacial score (nSPS) is 15.9. The van der Waals surface area contributed by atoms with Crippen LogP contribution >= 0.6 is 0 Å². The number of rotatable bonds is 2. The Morgan fingerprint density at radius 3 is 2.33 bits per heavy atom. The SMILES string of the molecule is CC.CC(=O)c1cccc(N2CCN(C)CC2)n1. The maximum absolute atomic E-state index is 11.2. The first-order valence-electron chi connectivity index (χ1n) is 6.58. The summed E-state index contributed by atoms with van der Waals surface area (Å²) >= 11 is 0. The van der Waals surface area contributed by atoms with Crippen LogP contribution in [0.4, 0.5) is 5.82 Å². The summed E-state index contributed by atoms with van der Waals surface area (Å²) in [6.45, 7) is 9.60. The molecular weight excluding hydrogens is 226 g/mol. The van der Waals surface area contributed by atoms with E-state index in [4.69, 9.17) is 0 Å². The fourth-order valence-electron chi connectivity index (χ4n) is 1.83. The van der Waals surface area contributed by atoms with E-state index >= 15 is 0 Å². The smallest absolute Gasteiger partial charge is 0.178 e. The number of anilines is 1. The van der Waals surface area contributed by atoms with Crippen LogP contribution in [0, 0.1) is 0 Å². The van der Waals surface area contributed by atoms with Crippen molar-refractivity contribution in [3.05, 3.63) is 23.9 Å². The van der Waals surface area contributed by atoms with Crippen LogP contribution in [0.15, 0.2) is 18.2 Å². The number of likely N-dealkylation sites (N-methyl/N-ethyl adjacent to an activating group) is 1. The molecule has 1 saturated heterocycles. The van der Waals surface area contributed by atoms with Crippen molar-refractivity contribution in [1.29, 1.82) is 0 Å². The highest BCUT2D eigenvalue weighted by Gasteiger charge is 2.15. The van der Waals surface area contributed by atoms with Crippen molar-refractivity contribution in [3.63, 3.8) is 0 Å². The molecule has 1 aromatic rings. The Hall–Kier alpha value is -1.42. The van der Waals surface area contributed by atoms with E-state index in [2.05, 4.69) is 21.8 Å². The molecule has 0 spiro atoms. The summed E-state index contributed by atoms with van der Waals surface area (Å²) in [5.74, 6) is 0.941. The Morgan fingerprint density at radius 1 is 1.17 bits per heavy atom. The van der Waals surface area contributed by atoms with Gasteiger partial charge in [0, 0.05) is 33.1 Å². The number of Topliss-reactive ketones (excluding diaryl/α,β-unsaturated/α-hetero) is 1. The van der Waals surface area contributed by atoms with Crippen LogP contribution < -0.4 is 4.90 Å². The van der Waals surface area contributed by atoms with E-state index in [1.54, 1.807) is 13.0 Å². The summed E-state index contributed by atoms with van der Waals surface area (Å²) in [7, 11) is 2.12. The lowest BCUT2D eigenvalue weighted by Crippen LogP contribution is -2.44. The molecule has 4 heteroatoms. The van der Waals surface area contributed by atoms with Crippen LogP contribution in [-0.2, 0) is 0 Å². The van der Waals surface area contributed by atoms with Gasteiger partial charge in [-0.15, -0.1) is 0 Å². The number of carbonyl (C=O) groups is 1. The van der Waals surface area contributed by atoms with Crippen LogP contribution in [-0.4, -0.2) is 48.9 Å². The Balaban J connectivity index is 0.000000771. The summed E-state index contributed by atoms with van der Waals surface area (Å²) in [6.07, 6.45) is 0. The molecule has 0 N–H and O–H groups in total. The van der Waals surface area contributed by atoms with E-state index in [-0.39, 0.29) is 5.78 Å². The third-order valence-electron chi connectivity index (χ3n) is 2.92. The number of carbonyl (C=O) groups excluding carboxylic acids is 1. The van der Waals surface area contributed by atoms with E-state index in [9.17, 15) is 4.79 Å². The van der Waals surface area contributed by atoms with Gasteiger partial charge in [0.15, 0.2) is 5.78 Å². The molecule has 0 aromatic carbocycles. The number of piperazine rings is 1. The topological polar surface area (TPSA) is 36.4 Å². The van der Waals surface area contributed by atoms with Gasteiger partial charge in [0.1, 0.15) is 11.5 Å². The molecule has 4 nitrogen and oxygen atoms in total. The molecule has 0 radical (unpaired) electrons. The second-order valence-corrected chi connectivity index (χ2v) is 4.23. The first-order valence-corrected chi connectivity index (χ1v) is 6.58. The number of pyridine rings is 1. The van der Waals surface area contributed by atoms with Crippen LogP contribution in [0.2, 0.25) is 0 Å². The monoisotopic (exact) mass is 249 g/mol. The van der Waals surface area contributed by atoms with Gasteiger partial charge in [0.25, 0.3) is 0 Å². The van der Waals surface area contributed by atoms with Crippen molar-refractivity contribution in [2.75, 3.05) is 38.1 Å².